The highest BCUT2D eigenvalue weighted by atomic mass is 16.5. The molecule has 4 heteroatoms. The predicted molar refractivity (Wildman–Crippen MR) is 80.0 cm³/mol. The Hall–Kier alpha value is -1.94. The van der Waals surface area contributed by atoms with E-state index in [1.807, 2.05) is 32.4 Å². The third-order valence-electron chi connectivity index (χ3n) is 3.58. The van der Waals surface area contributed by atoms with Crippen molar-refractivity contribution in [1.29, 1.82) is 0 Å². The van der Waals surface area contributed by atoms with E-state index in [4.69, 9.17) is 4.74 Å². The zero-order valence-corrected chi connectivity index (χ0v) is 12.5. The minimum atomic E-state index is 0.197. The minimum absolute atomic E-state index is 0.197. The van der Waals surface area contributed by atoms with E-state index in [9.17, 15) is 0 Å². The Kier molecular flexibility index (Phi) is 4.69. The second kappa shape index (κ2) is 6.48. The summed E-state index contributed by atoms with van der Waals surface area (Å²) in [5.74, 6) is 0.927. The van der Waals surface area contributed by atoms with Crippen LogP contribution < -0.4 is 10.1 Å². The van der Waals surface area contributed by atoms with Gasteiger partial charge >= 0.3 is 0 Å². The fourth-order valence-electron chi connectivity index (χ4n) is 2.44. The molecule has 0 radical (unpaired) electrons. The van der Waals surface area contributed by atoms with Gasteiger partial charge in [0.15, 0.2) is 0 Å². The molecule has 0 fully saturated rings. The fraction of sp³-hybridized carbons (Fsp3) is 0.375. The summed E-state index contributed by atoms with van der Waals surface area (Å²) < 4.78 is 5.46. The van der Waals surface area contributed by atoms with Crippen molar-refractivity contribution >= 4 is 0 Å². The molecule has 2 rings (SSSR count). The first-order valence-corrected chi connectivity index (χ1v) is 6.73. The molecule has 1 unspecified atom stereocenters. The van der Waals surface area contributed by atoms with Gasteiger partial charge in [0.1, 0.15) is 5.75 Å². The number of rotatable bonds is 5. The van der Waals surface area contributed by atoms with Crippen molar-refractivity contribution in [2.24, 2.45) is 0 Å². The number of methoxy groups -OCH3 is 1. The van der Waals surface area contributed by atoms with Crippen LogP contribution in [0.4, 0.5) is 0 Å². The van der Waals surface area contributed by atoms with Crippen molar-refractivity contribution in [1.82, 2.24) is 15.3 Å². The summed E-state index contributed by atoms with van der Waals surface area (Å²) in [6, 6.07) is 4.23. The number of hydrogen-bond acceptors (Lipinski definition) is 4. The van der Waals surface area contributed by atoms with Gasteiger partial charge in [0, 0.05) is 47.9 Å². The number of likely N-dealkylation sites (N-methyl/N-ethyl adjacent to an activating group) is 1. The van der Waals surface area contributed by atoms with Crippen LogP contribution in [0.1, 0.15) is 28.4 Å². The monoisotopic (exact) mass is 271 g/mol. The van der Waals surface area contributed by atoms with Crippen LogP contribution >= 0.6 is 0 Å². The van der Waals surface area contributed by atoms with Crippen LogP contribution in [-0.4, -0.2) is 24.1 Å². The molecule has 2 heterocycles. The van der Waals surface area contributed by atoms with Crippen molar-refractivity contribution in [2.75, 3.05) is 14.2 Å². The van der Waals surface area contributed by atoms with Gasteiger partial charge in [-0.3, -0.25) is 9.97 Å². The zero-order valence-electron chi connectivity index (χ0n) is 12.5. The quantitative estimate of drug-likeness (QED) is 0.908. The van der Waals surface area contributed by atoms with Crippen molar-refractivity contribution in [3.05, 3.63) is 53.1 Å². The molecule has 106 valence electrons. The molecule has 0 bridgehead atoms. The largest absolute Gasteiger partial charge is 0.496 e. The van der Waals surface area contributed by atoms with Crippen LogP contribution in [0.5, 0.6) is 5.75 Å². The van der Waals surface area contributed by atoms with Gasteiger partial charge in [0.25, 0.3) is 0 Å². The summed E-state index contributed by atoms with van der Waals surface area (Å²) in [5.41, 5.74) is 4.39. The second-order valence-electron chi connectivity index (χ2n) is 4.88. The topological polar surface area (TPSA) is 47.0 Å². The van der Waals surface area contributed by atoms with E-state index in [0.29, 0.717) is 0 Å². The van der Waals surface area contributed by atoms with Gasteiger partial charge in [0.2, 0.25) is 0 Å². The number of nitrogens with one attached hydrogen (secondary N) is 1. The number of pyridine rings is 2. The first-order chi connectivity index (χ1) is 9.67. The molecule has 0 aromatic carbocycles. The maximum atomic E-state index is 5.46. The standard InChI is InChI=1S/C16H21N3O/c1-11-9-19-14(12(2)16(11)20-4)8-15(17-3)13-6-5-7-18-10-13/h5-7,9-10,15,17H,8H2,1-4H3. The lowest BCUT2D eigenvalue weighted by Crippen LogP contribution is -2.20. The summed E-state index contributed by atoms with van der Waals surface area (Å²) in [7, 11) is 3.66. The molecule has 2 aromatic heterocycles. The van der Waals surface area contributed by atoms with E-state index in [1.54, 1.807) is 13.3 Å². The van der Waals surface area contributed by atoms with Crippen LogP contribution in [0.2, 0.25) is 0 Å². The van der Waals surface area contributed by atoms with Gasteiger partial charge in [-0.15, -0.1) is 0 Å². The van der Waals surface area contributed by atoms with E-state index in [2.05, 4.69) is 28.3 Å². The SMILES string of the molecule is CNC(Cc1ncc(C)c(OC)c1C)c1cccnc1. The fourth-order valence-corrected chi connectivity index (χ4v) is 2.44. The predicted octanol–water partition coefficient (Wildman–Crippen LogP) is 2.61. The average molecular weight is 271 g/mol. The maximum absolute atomic E-state index is 5.46. The molecule has 0 aliphatic rings. The van der Waals surface area contributed by atoms with Crippen molar-refractivity contribution in [2.45, 2.75) is 26.3 Å². The molecule has 1 N–H and O–H groups in total. The van der Waals surface area contributed by atoms with Crippen LogP contribution in [-0.2, 0) is 6.42 Å². The highest BCUT2D eigenvalue weighted by Gasteiger charge is 2.15. The van der Waals surface area contributed by atoms with Gasteiger partial charge in [-0.2, -0.15) is 0 Å². The molecule has 0 spiro atoms. The first kappa shape index (κ1) is 14.5. The first-order valence-electron chi connectivity index (χ1n) is 6.73. The van der Waals surface area contributed by atoms with E-state index in [1.165, 1.54) is 0 Å². The van der Waals surface area contributed by atoms with Crippen LogP contribution in [0, 0.1) is 13.8 Å². The lowest BCUT2D eigenvalue weighted by atomic mass is 10.00. The average Bonchev–Trinajstić information content (AvgIpc) is 2.48. The smallest absolute Gasteiger partial charge is 0.128 e. The molecule has 4 nitrogen and oxygen atoms in total. The highest BCUT2D eigenvalue weighted by molar-refractivity contribution is 5.41. The van der Waals surface area contributed by atoms with E-state index < -0.39 is 0 Å². The third kappa shape index (κ3) is 2.96. The maximum Gasteiger partial charge on any atom is 0.128 e. The lowest BCUT2D eigenvalue weighted by molar-refractivity contribution is 0.406. The van der Waals surface area contributed by atoms with Gasteiger partial charge in [0.05, 0.1) is 7.11 Å². The summed E-state index contributed by atoms with van der Waals surface area (Å²) >= 11 is 0. The summed E-state index contributed by atoms with van der Waals surface area (Å²) in [5, 5.41) is 3.33. The number of aromatic nitrogens is 2. The molecule has 0 aliphatic heterocycles. The summed E-state index contributed by atoms with van der Waals surface area (Å²) in [4.78, 5) is 8.74. The number of aryl methyl sites for hydroxylation is 1. The van der Waals surface area contributed by atoms with Gasteiger partial charge < -0.3 is 10.1 Å². The Morgan fingerprint density at radius 3 is 2.70 bits per heavy atom. The molecule has 0 amide bonds. The van der Waals surface area contributed by atoms with Crippen molar-refractivity contribution < 1.29 is 4.74 Å². The number of nitrogens with zero attached hydrogens (tertiary/aromatic N) is 2. The Labute approximate surface area is 120 Å². The second-order valence-corrected chi connectivity index (χ2v) is 4.88. The molecule has 0 aliphatic carbocycles. The van der Waals surface area contributed by atoms with E-state index in [0.717, 1.165) is 34.6 Å². The van der Waals surface area contributed by atoms with Crippen LogP contribution in [0.3, 0.4) is 0 Å². The summed E-state index contributed by atoms with van der Waals surface area (Å²) in [6.45, 7) is 4.07. The van der Waals surface area contributed by atoms with Gasteiger partial charge in [-0.05, 0) is 32.5 Å². The lowest BCUT2D eigenvalue weighted by Gasteiger charge is -2.18. The summed E-state index contributed by atoms with van der Waals surface area (Å²) in [6.07, 6.45) is 6.36. The highest BCUT2D eigenvalue weighted by Crippen LogP contribution is 2.26. The van der Waals surface area contributed by atoms with Gasteiger partial charge in [-0.25, -0.2) is 0 Å². The molecular weight excluding hydrogens is 250 g/mol. The van der Waals surface area contributed by atoms with E-state index >= 15 is 0 Å². The number of ether oxygens (including phenoxy) is 1. The van der Waals surface area contributed by atoms with E-state index in [-0.39, 0.29) is 6.04 Å². The molecule has 20 heavy (non-hydrogen) atoms. The Morgan fingerprint density at radius 1 is 1.30 bits per heavy atom. The van der Waals surface area contributed by atoms with Crippen LogP contribution in [0.15, 0.2) is 30.7 Å². The molecule has 2 aromatic rings. The third-order valence-corrected chi connectivity index (χ3v) is 3.58. The van der Waals surface area contributed by atoms with Crippen molar-refractivity contribution in [3.63, 3.8) is 0 Å². The van der Waals surface area contributed by atoms with Crippen molar-refractivity contribution in [3.8, 4) is 5.75 Å². The van der Waals surface area contributed by atoms with Gasteiger partial charge in [-0.1, -0.05) is 6.07 Å². The Morgan fingerprint density at radius 2 is 2.10 bits per heavy atom. The molecule has 0 saturated carbocycles. The minimum Gasteiger partial charge on any atom is -0.496 e. The molecule has 0 saturated heterocycles. The normalized spacial score (nSPS) is 12.2. The van der Waals surface area contributed by atoms with Crippen LogP contribution in [0.25, 0.3) is 0 Å². The Balaban J connectivity index is 2.29. The molecule has 1 atom stereocenters. The molecular formula is C16H21N3O. The number of hydrogen-bond donors (Lipinski definition) is 1. The zero-order chi connectivity index (χ0) is 14.5. The Bertz CT molecular complexity index is 569.